The lowest BCUT2D eigenvalue weighted by atomic mass is 10.1. The predicted molar refractivity (Wildman–Crippen MR) is 89.5 cm³/mol. The van der Waals surface area contributed by atoms with Gasteiger partial charge in [-0.2, -0.15) is 8.78 Å². The van der Waals surface area contributed by atoms with E-state index in [0.29, 0.717) is 6.54 Å². The number of piperidine rings is 1. The van der Waals surface area contributed by atoms with E-state index in [1.807, 2.05) is 0 Å². The molecule has 0 radical (unpaired) electrons. The molecular weight excluding hydrogens is 447 g/mol. The molecule has 2 rings (SSSR count). The second kappa shape index (κ2) is 7.81. The number of likely N-dealkylation sites (tertiary alicyclic amines) is 1. The van der Waals surface area contributed by atoms with Crippen LogP contribution in [0.25, 0.3) is 0 Å². The molecule has 22 heavy (non-hydrogen) atoms. The van der Waals surface area contributed by atoms with Crippen LogP contribution in [0.4, 0.5) is 8.78 Å². The van der Waals surface area contributed by atoms with Crippen LogP contribution in [0.1, 0.15) is 30.4 Å². The van der Waals surface area contributed by atoms with Crippen LogP contribution in [-0.4, -0.2) is 27.8 Å². The Morgan fingerprint density at radius 1 is 1.23 bits per heavy atom. The molecule has 1 aromatic carbocycles. The summed E-state index contributed by atoms with van der Waals surface area (Å²) in [7, 11) is -5.54. The SMILES string of the molecule is Br.O=P(O)(O)C(F)(F)c1ccc(CN2CCCCC2)cc1Br. The van der Waals surface area contributed by atoms with Gasteiger partial charge in [0.1, 0.15) is 0 Å². The van der Waals surface area contributed by atoms with Crippen LogP contribution in [0.2, 0.25) is 0 Å². The Bertz CT molecular complexity index is 562. The van der Waals surface area contributed by atoms with E-state index in [1.165, 1.54) is 18.6 Å². The van der Waals surface area contributed by atoms with Crippen LogP contribution in [0.5, 0.6) is 0 Å². The van der Waals surface area contributed by atoms with Crippen molar-refractivity contribution >= 4 is 40.5 Å². The van der Waals surface area contributed by atoms with Crippen molar-refractivity contribution in [3.05, 3.63) is 33.8 Å². The summed E-state index contributed by atoms with van der Waals surface area (Å²) in [4.78, 5) is 19.8. The van der Waals surface area contributed by atoms with E-state index in [2.05, 4.69) is 20.8 Å². The van der Waals surface area contributed by atoms with Crippen LogP contribution in [0.3, 0.4) is 0 Å². The van der Waals surface area contributed by atoms with Gasteiger partial charge in [0.25, 0.3) is 0 Å². The summed E-state index contributed by atoms with van der Waals surface area (Å²) in [6.45, 7) is 2.62. The lowest BCUT2D eigenvalue weighted by Gasteiger charge is -2.27. The molecule has 1 aliphatic heterocycles. The summed E-state index contributed by atoms with van der Waals surface area (Å²) >= 11 is 3.00. The minimum Gasteiger partial charge on any atom is -0.320 e. The molecule has 1 saturated heterocycles. The average molecular weight is 465 g/mol. The molecule has 9 heteroatoms. The van der Waals surface area contributed by atoms with Gasteiger partial charge >= 0.3 is 13.3 Å². The molecule has 1 fully saturated rings. The standard InChI is InChI=1S/C13H17BrF2NO3P.BrH/c14-12-8-10(9-17-6-2-1-3-7-17)4-5-11(12)13(15,16)21(18,19)20;/h4-5,8H,1-3,6-7,9H2,(H2,18,19,20);1H. The van der Waals surface area contributed by atoms with E-state index in [0.717, 1.165) is 37.6 Å². The Kier molecular flexibility index (Phi) is 7.17. The van der Waals surface area contributed by atoms with Crippen molar-refractivity contribution in [1.82, 2.24) is 4.90 Å². The van der Waals surface area contributed by atoms with Crippen LogP contribution >= 0.6 is 40.5 Å². The summed E-state index contributed by atoms with van der Waals surface area (Å²) in [5.74, 6) is 0. The minimum absolute atomic E-state index is 0. The highest BCUT2D eigenvalue weighted by atomic mass is 79.9. The summed E-state index contributed by atoms with van der Waals surface area (Å²) < 4.78 is 38.4. The Balaban J connectivity index is 0.00000242. The van der Waals surface area contributed by atoms with E-state index < -0.39 is 18.8 Å². The van der Waals surface area contributed by atoms with Crippen LogP contribution in [0.15, 0.2) is 22.7 Å². The highest BCUT2D eigenvalue weighted by Gasteiger charge is 2.51. The first-order chi connectivity index (χ1) is 9.72. The first-order valence-electron chi connectivity index (χ1n) is 6.66. The summed E-state index contributed by atoms with van der Waals surface area (Å²) in [6.07, 6.45) is 3.48. The van der Waals surface area contributed by atoms with Crippen LogP contribution < -0.4 is 0 Å². The van der Waals surface area contributed by atoms with Crippen molar-refractivity contribution in [2.75, 3.05) is 13.1 Å². The first kappa shape index (κ1) is 20.2. The topological polar surface area (TPSA) is 60.8 Å². The molecule has 0 aromatic heterocycles. The Morgan fingerprint density at radius 2 is 1.82 bits per heavy atom. The zero-order valence-electron chi connectivity index (χ0n) is 11.7. The maximum Gasteiger partial charge on any atom is 0.399 e. The quantitative estimate of drug-likeness (QED) is 0.654. The maximum atomic E-state index is 13.7. The fourth-order valence-electron chi connectivity index (χ4n) is 2.43. The Labute approximate surface area is 147 Å². The summed E-state index contributed by atoms with van der Waals surface area (Å²) in [6, 6.07) is 4.09. The lowest BCUT2D eigenvalue weighted by Crippen LogP contribution is -2.29. The van der Waals surface area contributed by atoms with Gasteiger partial charge in [0.05, 0.1) is 0 Å². The number of hydrogen-bond donors (Lipinski definition) is 2. The van der Waals surface area contributed by atoms with Gasteiger partial charge in [-0.1, -0.05) is 34.5 Å². The number of rotatable bonds is 4. The largest absolute Gasteiger partial charge is 0.399 e. The van der Waals surface area contributed by atoms with E-state index in [-0.39, 0.29) is 21.5 Å². The van der Waals surface area contributed by atoms with Crippen molar-refractivity contribution in [3.63, 3.8) is 0 Å². The number of alkyl halides is 2. The van der Waals surface area contributed by atoms with Gasteiger partial charge in [-0.05, 0) is 37.6 Å². The molecule has 4 nitrogen and oxygen atoms in total. The molecule has 1 heterocycles. The van der Waals surface area contributed by atoms with Gasteiger partial charge in [-0.25, -0.2) is 0 Å². The highest BCUT2D eigenvalue weighted by molar-refractivity contribution is 9.10. The molecule has 126 valence electrons. The second-order valence-electron chi connectivity index (χ2n) is 5.24. The second-order valence-corrected chi connectivity index (χ2v) is 7.74. The number of hydrogen-bond acceptors (Lipinski definition) is 2. The fraction of sp³-hybridized carbons (Fsp3) is 0.538. The monoisotopic (exact) mass is 463 g/mol. The van der Waals surface area contributed by atoms with E-state index in [9.17, 15) is 13.3 Å². The summed E-state index contributed by atoms with van der Waals surface area (Å²) in [5, 5.41) is 0. The molecule has 0 atom stereocenters. The number of nitrogens with zero attached hydrogens (tertiary/aromatic N) is 1. The summed E-state index contributed by atoms with van der Waals surface area (Å²) in [5.41, 5.74) is -4.03. The van der Waals surface area contributed by atoms with Gasteiger partial charge in [-0.3, -0.25) is 9.46 Å². The molecule has 2 N–H and O–H groups in total. The van der Waals surface area contributed by atoms with Crippen LogP contribution in [0, 0.1) is 0 Å². The van der Waals surface area contributed by atoms with Gasteiger partial charge in [-0.15, -0.1) is 17.0 Å². The van der Waals surface area contributed by atoms with E-state index >= 15 is 0 Å². The number of benzene rings is 1. The molecule has 0 amide bonds. The van der Waals surface area contributed by atoms with Gasteiger partial charge in [0, 0.05) is 16.6 Å². The molecule has 0 bridgehead atoms. The van der Waals surface area contributed by atoms with Crippen LogP contribution in [-0.2, 0) is 16.8 Å². The van der Waals surface area contributed by atoms with Crippen molar-refractivity contribution < 1.29 is 23.1 Å². The molecule has 0 spiro atoms. The third-order valence-corrected chi connectivity index (χ3v) is 5.21. The Hall–Kier alpha value is 0.150. The van der Waals surface area contributed by atoms with Gasteiger partial charge < -0.3 is 9.79 Å². The van der Waals surface area contributed by atoms with Gasteiger partial charge in [0.15, 0.2) is 0 Å². The minimum atomic E-state index is -5.54. The fourth-order valence-corrected chi connectivity index (χ4v) is 3.77. The number of halogens is 4. The maximum absolute atomic E-state index is 13.7. The van der Waals surface area contributed by atoms with E-state index in [4.69, 9.17) is 9.79 Å². The Morgan fingerprint density at radius 3 is 2.32 bits per heavy atom. The molecular formula is C13H18Br2F2NO3P. The third-order valence-electron chi connectivity index (χ3n) is 3.58. The van der Waals surface area contributed by atoms with Crippen molar-refractivity contribution in [2.24, 2.45) is 0 Å². The van der Waals surface area contributed by atoms with E-state index in [1.54, 1.807) is 0 Å². The molecule has 0 aliphatic carbocycles. The zero-order chi connectivity index (χ0) is 15.7. The highest BCUT2D eigenvalue weighted by Crippen LogP contribution is 2.60. The third kappa shape index (κ3) is 4.58. The van der Waals surface area contributed by atoms with Crippen molar-refractivity contribution in [2.45, 2.75) is 31.5 Å². The molecule has 0 saturated carbocycles. The normalized spacial score (nSPS) is 17.1. The van der Waals surface area contributed by atoms with Crippen molar-refractivity contribution in [3.8, 4) is 0 Å². The molecule has 1 aromatic rings. The first-order valence-corrected chi connectivity index (χ1v) is 9.07. The average Bonchev–Trinajstić information content (AvgIpc) is 2.38. The molecule has 1 aliphatic rings. The zero-order valence-corrected chi connectivity index (χ0v) is 15.9. The molecule has 0 unspecified atom stereocenters. The van der Waals surface area contributed by atoms with Crippen molar-refractivity contribution in [1.29, 1.82) is 0 Å². The predicted octanol–water partition coefficient (Wildman–Crippen LogP) is 4.24. The lowest BCUT2D eigenvalue weighted by molar-refractivity contribution is 0.0557. The smallest absolute Gasteiger partial charge is 0.320 e. The van der Waals surface area contributed by atoms with Gasteiger partial charge in [0.2, 0.25) is 0 Å².